The molecule has 0 amide bonds. The largest absolute Gasteiger partial charge is 0.399 e. The molecule has 4 heteroatoms. The van der Waals surface area contributed by atoms with E-state index in [2.05, 4.69) is 17.2 Å². The van der Waals surface area contributed by atoms with Gasteiger partial charge < -0.3 is 15.8 Å². The van der Waals surface area contributed by atoms with Crippen LogP contribution < -0.4 is 11.1 Å². The van der Waals surface area contributed by atoms with Gasteiger partial charge in [-0.15, -0.1) is 0 Å². The highest BCUT2D eigenvalue weighted by Crippen LogP contribution is 2.09. The number of nitrogens with one attached hydrogen (secondary N) is 1. The van der Waals surface area contributed by atoms with Gasteiger partial charge in [-0.05, 0) is 19.4 Å². The first-order valence-electron chi connectivity index (χ1n) is 4.69. The molecule has 1 atom stereocenters. The van der Waals surface area contributed by atoms with Gasteiger partial charge in [-0.2, -0.15) is 0 Å². The molecule has 0 aromatic carbocycles. The van der Waals surface area contributed by atoms with Crippen molar-refractivity contribution in [1.29, 1.82) is 0 Å². The molecule has 0 spiro atoms. The van der Waals surface area contributed by atoms with Crippen LogP contribution in [0.5, 0.6) is 0 Å². The molecule has 1 aromatic rings. The van der Waals surface area contributed by atoms with Crippen LogP contribution in [0.2, 0.25) is 0 Å². The average Bonchev–Trinajstić information content (AvgIpc) is 2.15. The molecule has 0 aliphatic heterocycles. The molecule has 1 aromatic heterocycles. The summed E-state index contributed by atoms with van der Waals surface area (Å²) in [7, 11) is 1.70. The number of anilines is 2. The number of nitrogens with two attached hydrogens (primary N) is 1. The summed E-state index contributed by atoms with van der Waals surface area (Å²) in [5.41, 5.74) is 6.35. The van der Waals surface area contributed by atoms with Crippen molar-refractivity contribution < 1.29 is 4.74 Å². The Kier molecular flexibility index (Phi) is 4.19. The monoisotopic (exact) mass is 195 g/mol. The summed E-state index contributed by atoms with van der Waals surface area (Å²) in [6.45, 7) is 2.83. The molecule has 0 aliphatic rings. The minimum Gasteiger partial charge on any atom is -0.399 e. The fraction of sp³-hybridized carbons (Fsp3) is 0.500. The van der Waals surface area contributed by atoms with E-state index in [0.29, 0.717) is 6.04 Å². The number of hydrogen-bond acceptors (Lipinski definition) is 4. The number of nitrogens with zero attached hydrogens (tertiary/aromatic N) is 1. The molecule has 0 aliphatic carbocycles. The highest BCUT2D eigenvalue weighted by Gasteiger charge is 2.02. The molecule has 1 unspecified atom stereocenters. The van der Waals surface area contributed by atoms with Crippen molar-refractivity contribution in [3.05, 3.63) is 18.3 Å². The van der Waals surface area contributed by atoms with Crippen LogP contribution in [0.15, 0.2) is 18.3 Å². The molecule has 4 nitrogen and oxygen atoms in total. The van der Waals surface area contributed by atoms with Crippen LogP contribution in [0.4, 0.5) is 11.5 Å². The van der Waals surface area contributed by atoms with Crippen molar-refractivity contribution in [2.75, 3.05) is 24.8 Å². The van der Waals surface area contributed by atoms with Crippen molar-refractivity contribution in [3.8, 4) is 0 Å². The van der Waals surface area contributed by atoms with Crippen LogP contribution in [-0.4, -0.2) is 24.7 Å². The fourth-order valence-electron chi connectivity index (χ4n) is 1.15. The molecule has 0 radical (unpaired) electrons. The van der Waals surface area contributed by atoms with E-state index in [1.54, 1.807) is 19.4 Å². The maximum absolute atomic E-state index is 5.63. The lowest BCUT2D eigenvalue weighted by Crippen LogP contribution is -2.17. The second kappa shape index (κ2) is 5.44. The standard InChI is InChI=1S/C10H17N3O/c1-8(4-6-14-2)13-10-7-9(11)3-5-12-10/h3,5,7-8H,4,6H2,1-2H3,(H3,11,12,13). The summed E-state index contributed by atoms with van der Waals surface area (Å²) in [4.78, 5) is 4.16. The van der Waals surface area contributed by atoms with Crippen molar-refractivity contribution in [2.24, 2.45) is 0 Å². The number of pyridine rings is 1. The first-order chi connectivity index (χ1) is 6.72. The van der Waals surface area contributed by atoms with E-state index in [1.165, 1.54) is 0 Å². The van der Waals surface area contributed by atoms with E-state index in [-0.39, 0.29) is 0 Å². The Morgan fingerprint density at radius 1 is 1.64 bits per heavy atom. The number of ether oxygens (including phenoxy) is 1. The molecule has 1 heterocycles. The third kappa shape index (κ3) is 3.62. The number of aromatic nitrogens is 1. The number of nitrogen functional groups attached to an aromatic ring is 1. The Hall–Kier alpha value is -1.29. The van der Waals surface area contributed by atoms with Crippen molar-refractivity contribution in [1.82, 2.24) is 4.98 Å². The second-order valence-electron chi connectivity index (χ2n) is 3.30. The molecule has 0 saturated heterocycles. The summed E-state index contributed by atoms with van der Waals surface area (Å²) in [6, 6.07) is 3.93. The summed E-state index contributed by atoms with van der Waals surface area (Å²) in [5.74, 6) is 0.814. The molecule has 0 saturated carbocycles. The van der Waals surface area contributed by atoms with E-state index in [9.17, 15) is 0 Å². The van der Waals surface area contributed by atoms with E-state index in [1.807, 2.05) is 6.07 Å². The third-order valence-electron chi connectivity index (χ3n) is 1.93. The minimum atomic E-state index is 0.337. The van der Waals surface area contributed by atoms with Crippen LogP contribution in [0.1, 0.15) is 13.3 Å². The Morgan fingerprint density at radius 3 is 3.07 bits per heavy atom. The predicted molar refractivity (Wildman–Crippen MR) is 58.2 cm³/mol. The summed E-state index contributed by atoms with van der Waals surface area (Å²) >= 11 is 0. The molecular formula is C10H17N3O. The third-order valence-corrected chi connectivity index (χ3v) is 1.93. The van der Waals surface area contributed by atoms with Crippen molar-refractivity contribution in [3.63, 3.8) is 0 Å². The molecule has 3 N–H and O–H groups in total. The molecule has 0 fully saturated rings. The summed E-state index contributed by atoms with van der Waals surface area (Å²) < 4.78 is 4.99. The Balaban J connectivity index is 2.43. The molecule has 14 heavy (non-hydrogen) atoms. The SMILES string of the molecule is COCCC(C)Nc1cc(N)ccn1. The zero-order chi connectivity index (χ0) is 10.4. The van der Waals surface area contributed by atoms with Crippen LogP contribution in [0.3, 0.4) is 0 Å². The molecule has 1 rings (SSSR count). The first kappa shape index (κ1) is 10.8. The molecule has 0 bridgehead atoms. The number of rotatable bonds is 5. The lowest BCUT2D eigenvalue weighted by Gasteiger charge is -2.13. The first-order valence-corrected chi connectivity index (χ1v) is 4.69. The topological polar surface area (TPSA) is 60.2 Å². The van der Waals surface area contributed by atoms with E-state index in [0.717, 1.165) is 24.5 Å². The normalized spacial score (nSPS) is 12.4. The van der Waals surface area contributed by atoms with Gasteiger partial charge in [0.15, 0.2) is 0 Å². The maximum atomic E-state index is 5.63. The highest BCUT2D eigenvalue weighted by molar-refractivity contribution is 5.48. The Labute approximate surface area is 84.5 Å². The van der Waals surface area contributed by atoms with Crippen LogP contribution in [0.25, 0.3) is 0 Å². The van der Waals surface area contributed by atoms with Crippen LogP contribution >= 0.6 is 0 Å². The van der Waals surface area contributed by atoms with Crippen molar-refractivity contribution in [2.45, 2.75) is 19.4 Å². The highest BCUT2D eigenvalue weighted by atomic mass is 16.5. The molecular weight excluding hydrogens is 178 g/mol. The molecule has 78 valence electrons. The Morgan fingerprint density at radius 2 is 2.43 bits per heavy atom. The van der Waals surface area contributed by atoms with E-state index >= 15 is 0 Å². The maximum Gasteiger partial charge on any atom is 0.128 e. The van der Waals surface area contributed by atoms with Gasteiger partial charge in [-0.25, -0.2) is 4.98 Å². The lowest BCUT2D eigenvalue weighted by atomic mass is 10.2. The van der Waals surface area contributed by atoms with Crippen LogP contribution in [0, 0.1) is 0 Å². The minimum absolute atomic E-state index is 0.337. The van der Waals surface area contributed by atoms with E-state index < -0.39 is 0 Å². The van der Waals surface area contributed by atoms with E-state index in [4.69, 9.17) is 10.5 Å². The van der Waals surface area contributed by atoms with Gasteiger partial charge in [-0.1, -0.05) is 0 Å². The number of methoxy groups -OCH3 is 1. The van der Waals surface area contributed by atoms with Gasteiger partial charge in [0, 0.05) is 37.7 Å². The quantitative estimate of drug-likeness (QED) is 0.747. The van der Waals surface area contributed by atoms with Gasteiger partial charge in [0.05, 0.1) is 0 Å². The summed E-state index contributed by atoms with van der Waals surface area (Å²) in [6.07, 6.45) is 2.65. The average molecular weight is 195 g/mol. The zero-order valence-electron chi connectivity index (χ0n) is 8.66. The lowest BCUT2D eigenvalue weighted by molar-refractivity contribution is 0.191. The predicted octanol–water partition coefficient (Wildman–Crippen LogP) is 1.50. The van der Waals surface area contributed by atoms with Gasteiger partial charge in [0.2, 0.25) is 0 Å². The Bertz CT molecular complexity index is 278. The number of hydrogen-bond donors (Lipinski definition) is 2. The van der Waals surface area contributed by atoms with Gasteiger partial charge >= 0.3 is 0 Å². The van der Waals surface area contributed by atoms with Crippen molar-refractivity contribution >= 4 is 11.5 Å². The van der Waals surface area contributed by atoms with Gasteiger partial charge in [-0.3, -0.25) is 0 Å². The zero-order valence-corrected chi connectivity index (χ0v) is 8.66. The smallest absolute Gasteiger partial charge is 0.128 e. The fourth-order valence-corrected chi connectivity index (χ4v) is 1.15. The van der Waals surface area contributed by atoms with Gasteiger partial charge in [0.25, 0.3) is 0 Å². The van der Waals surface area contributed by atoms with Crippen LogP contribution in [-0.2, 0) is 4.74 Å². The van der Waals surface area contributed by atoms with Gasteiger partial charge in [0.1, 0.15) is 5.82 Å². The summed E-state index contributed by atoms with van der Waals surface area (Å²) in [5, 5.41) is 3.25. The second-order valence-corrected chi connectivity index (χ2v) is 3.30.